The number of hydrogen-bond donors (Lipinski definition) is 1. The number of pyridine rings is 1. The van der Waals surface area contributed by atoms with Crippen molar-refractivity contribution in [3.63, 3.8) is 0 Å². The third-order valence-corrected chi connectivity index (χ3v) is 5.88. The molecule has 3 heterocycles. The quantitative estimate of drug-likeness (QED) is 0.711. The number of methoxy groups -OCH3 is 1. The van der Waals surface area contributed by atoms with Crippen molar-refractivity contribution < 1.29 is 19.1 Å². The van der Waals surface area contributed by atoms with Crippen LogP contribution in [0.4, 0.5) is 16.2 Å². The highest BCUT2D eigenvalue weighted by atomic mass is 16.5. The Bertz CT molecular complexity index is 931. The number of hydrogen-bond acceptors (Lipinski definition) is 5. The third-order valence-electron chi connectivity index (χ3n) is 5.88. The minimum absolute atomic E-state index is 0.0369. The topological polar surface area (TPSA) is 84.0 Å². The molecular weight excluding hydrogens is 408 g/mol. The molecule has 2 aliphatic rings. The minimum atomic E-state index is -0.217. The van der Waals surface area contributed by atoms with Gasteiger partial charge in [0.15, 0.2) is 0 Å². The van der Waals surface area contributed by atoms with Crippen molar-refractivity contribution in [1.29, 1.82) is 0 Å². The van der Waals surface area contributed by atoms with Gasteiger partial charge in [0.05, 0.1) is 18.9 Å². The van der Waals surface area contributed by atoms with Crippen LogP contribution in [0.2, 0.25) is 0 Å². The van der Waals surface area contributed by atoms with E-state index < -0.39 is 0 Å². The van der Waals surface area contributed by atoms with Gasteiger partial charge in [0.25, 0.3) is 0 Å². The summed E-state index contributed by atoms with van der Waals surface area (Å²) >= 11 is 0. The van der Waals surface area contributed by atoms with Crippen LogP contribution in [0.5, 0.6) is 5.75 Å². The molecule has 1 unspecified atom stereocenters. The van der Waals surface area contributed by atoms with Crippen molar-refractivity contribution in [3.8, 4) is 5.75 Å². The predicted octanol–water partition coefficient (Wildman–Crippen LogP) is 3.82. The maximum atomic E-state index is 13.2. The van der Waals surface area contributed by atoms with Crippen LogP contribution in [0.1, 0.15) is 37.7 Å². The highest BCUT2D eigenvalue weighted by molar-refractivity contribution is 5.97. The van der Waals surface area contributed by atoms with Gasteiger partial charge in [-0.2, -0.15) is 0 Å². The molecule has 4 rings (SSSR count). The molecule has 0 saturated carbocycles. The van der Waals surface area contributed by atoms with Crippen molar-refractivity contribution in [1.82, 2.24) is 9.88 Å². The Balaban J connectivity index is 1.52. The van der Waals surface area contributed by atoms with Gasteiger partial charge in [-0.1, -0.05) is 6.07 Å². The van der Waals surface area contributed by atoms with E-state index >= 15 is 0 Å². The van der Waals surface area contributed by atoms with Crippen LogP contribution < -0.4 is 15.0 Å². The Morgan fingerprint density at radius 3 is 2.94 bits per heavy atom. The van der Waals surface area contributed by atoms with E-state index in [0.717, 1.165) is 37.9 Å². The average Bonchev–Trinajstić information content (AvgIpc) is 3.33. The van der Waals surface area contributed by atoms with Crippen molar-refractivity contribution in [2.75, 3.05) is 37.0 Å². The van der Waals surface area contributed by atoms with Crippen molar-refractivity contribution in [2.24, 2.45) is 0 Å². The number of benzene rings is 1. The summed E-state index contributed by atoms with van der Waals surface area (Å²) in [5.41, 5.74) is 2.26. The first-order valence-electron chi connectivity index (χ1n) is 11.2. The van der Waals surface area contributed by atoms with E-state index in [1.54, 1.807) is 41.4 Å². The van der Waals surface area contributed by atoms with Crippen LogP contribution in [0.25, 0.3) is 0 Å². The molecule has 3 amide bonds. The summed E-state index contributed by atoms with van der Waals surface area (Å²) in [5, 5.41) is 3.00. The molecule has 8 heteroatoms. The maximum absolute atomic E-state index is 13.2. The van der Waals surface area contributed by atoms with Crippen LogP contribution in [0.3, 0.4) is 0 Å². The molecule has 1 N–H and O–H groups in total. The maximum Gasteiger partial charge on any atom is 0.322 e. The Kier molecular flexibility index (Phi) is 7.21. The van der Waals surface area contributed by atoms with Gasteiger partial charge in [0.2, 0.25) is 5.91 Å². The Hall–Kier alpha value is -3.13. The van der Waals surface area contributed by atoms with Crippen LogP contribution >= 0.6 is 0 Å². The molecule has 8 nitrogen and oxygen atoms in total. The van der Waals surface area contributed by atoms with Gasteiger partial charge < -0.3 is 24.6 Å². The van der Waals surface area contributed by atoms with E-state index in [1.165, 1.54) is 0 Å². The third kappa shape index (κ3) is 5.37. The second-order valence-electron chi connectivity index (χ2n) is 8.20. The fourth-order valence-corrected chi connectivity index (χ4v) is 4.21. The lowest BCUT2D eigenvalue weighted by atomic mass is 10.1. The van der Waals surface area contributed by atoms with Gasteiger partial charge >= 0.3 is 6.03 Å². The Morgan fingerprint density at radius 2 is 2.22 bits per heavy atom. The fourth-order valence-electron chi connectivity index (χ4n) is 4.21. The Morgan fingerprint density at radius 1 is 1.31 bits per heavy atom. The second kappa shape index (κ2) is 10.5. The zero-order valence-electron chi connectivity index (χ0n) is 18.5. The highest BCUT2D eigenvalue weighted by Gasteiger charge is 2.25. The first kappa shape index (κ1) is 22.1. The van der Waals surface area contributed by atoms with Crippen molar-refractivity contribution in [2.45, 2.75) is 44.8 Å². The molecular formula is C24H30N4O4. The molecule has 0 bridgehead atoms. The van der Waals surface area contributed by atoms with Crippen LogP contribution in [0.15, 0.2) is 42.7 Å². The fraction of sp³-hybridized carbons (Fsp3) is 0.458. The lowest BCUT2D eigenvalue weighted by Crippen LogP contribution is -2.39. The van der Waals surface area contributed by atoms with Crippen molar-refractivity contribution >= 4 is 23.3 Å². The van der Waals surface area contributed by atoms with E-state index in [-0.39, 0.29) is 18.0 Å². The molecule has 170 valence electrons. The molecule has 0 radical (unpaired) electrons. The molecule has 1 aromatic heterocycles. The van der Waals surface area contributed by atoms with E-state index in [4.69, 9.17) is 9.47 Å². The molecule has 2 fully saturated rings. The zero-order valence-corrected chi connectivity index (χ0v) is 18.5. The molecule has 32 heavy (non-hydrogen) atoms. The summed E-state index contributed by atoms with van der Waals surface area (Å²) in [4.78, 5) is 33.4. The molecule has 2 aromatic rings. The zero-order chi connectivity index (χ0) is 22.3. The summed E-state index contributed by atoms with van der Waals surface area (Å²) in [5.74, 6) is 0.694. The number of carbonyl (C=O) groups excluding carboxylic acids is 2. The summed E-state index contributed by atoms with van der Waals surface area (Å²) in [6.45, 7) is 2.33. The van der Waals surface area contributed by atoms with E-state index in [1.807, 2.05) is 18.2 Å². The lowest BCUT2D eigenvalue weighted by molar-refractivity contribution is -0.119. The van der Waals surface area contributed by atoms with E-state index in [9.17, 15) is 9.59 Å². The van der Waals surface area contributed by atoms with Crippen LogP contribution in [-0.2, 0) is 16.1 Å². The second-order valence-corrected chi connectivity index (χ2v) is 8.20. The number of ether oxygens (including phenoxy) is 2. The SMILES string of the molecule is COc1ccc(NC(=O)N(Cc2cccnc2)CC2CCCO2)cc1N1CCCCC1=O. The van der Waals surface area contributed by atoms with E-state index in [0.29, 0.717) is 43.2 Å². The first-order chi connectivity index (χ1) is 15.6. The summed E-state index contributed by atoms with van der Waals surface area (Å²) in [6, 6.07) is 9.00. The van der Waals surface area contributed by atoms with Gasteiger partial charge in [0, 0.05) is 50.7 Å². The minimum Gasteiger partial charge on any atom is -0.495 e. The first-order valence-corrected chi connectivity index (χ1v) is 11.2. The van der Waals surface area contributed by atoms with E-state index in [2.05, 4.69) is 10.3 Å². The van der Waals surface area contributed by atoms with Crippen molar-refractivity contribution in [3.05, 3.63) is 48.3 Å². The average molecular weight is 439 g/mol. The summed E-state index contributed by atoms with van der Waals surface area (Å²) in [7, 11) is 1.59. The van der Waals surface area contributed by atoms with Crippen LogP contribution in [0, 0.1) is 0 Å². The van der Waals surface area contributed by atoms with Gasteiger partial charge in [-0.3, -0.25) is 9.78 Å². The number of nitrogens with one attached hydrogen (secondary N) is 1. The van der Waals surface area contributed by atoms with Gasteiger partial charge in [0.1, 0.15) is 5.75 Å². The number of rotatable bonds is 7. The van der Waals surface area contributed by atoms with Gasteiger partial charge in [-0.15, -0.1) is 0 Å². The van der Waals surface area contributed by atoms with Gasteiger partial charge in [-0.05, 0) is 55.5 Å². The number of piperidine rings is 1. The number of amides is 3. The van der Waals surface area contributed by atoms with Gasteiger partial charge in [-0.25, -0.2) is 4.79 Å². The number of carbonyl (C=O) groups is 2. The molecule has 1 atom stereocenters. The number of nitrogens with zero attached hydrogens (tertiary/aromatic N) is 3. The smallest absolute Gasteiger partial charge is 0.322 e. The molecule has 2 aliphatic heterocycles. The largest absolute Gasteiger partial charge is 0.495 e. The molecule has 1 aromatic carbocycles. The molecule has 0 aliphatic carbocycles. The standard InChI is InChI=1S/C24H30N4O4/c1-31-22-10-9-19(14-21(22)28-12-3-2-8-23(28)29)26-24(30)27(17-20-7-5-13-32-20)16-18-6-4-11-25-15-18/h4,6,9-11,14-15,20H,2-3,5,7-8,12-13,16-17H2,1H3,(H,26,30). The number of aromatic nitrogens is 1. The molecule has 0 spiro atoms. The predicted molar refractivity (Wildman–Crippen MR) is 122 cm³/mol. The summed E-state index contributed by atoms with van der Waals surface area (Å²) in [6.07, 6.45) is 7.86. The summed E-state index contributed by atoms with van der Waals surface area (Å²) < 4.78 is 11.2. The van der Waals surface area contributed by atoms with Crippen LogP contribution in [-0.4, -0.2) is 54.7 Å². The molecule has 2 saturated heterocycles. The lowest BCUT2D eigenvalue weighted by Gasteiger charge is -2.29. The highest BCUT2D eigenvalue weighted by Crippen LogP contribution is 2.33. The number of urea groups is 1. The monoisotopic (exact) mass is 438 g/mol. The number of anilines is 2. The normalized spacial score (nSPS) is 18.5. The Labute approximate surface area is 188 Å².